The van der Waals surface area contributed by atoms with Gasteiger partial charge < -0.3 is 10.6 Å². The fourth-order valence-electron chi connectivity index (χ4n) is 2.61. The van der Waals surface area contributed by atoms with Gasteiger partial charge in [0.2, 0.25) is 0 Å². The average Bonchev–Trinajstić information content (AvgIpc) is 2.99. The summed E-state index contributed by atoms with van der Waals surface area (Å²) in [5.41, 5.74) is 1.56. The Morgan fingerprint density at radius 3 is 3.00 bits per heavy atom. The molecule has 1 atom stereocenters. The number of aromatic nitrogens is 2. The second-order valence-electron chi connectivity index (χ2n) is 5.53. The van der Waals surface area contributed by atoms with Crippen LogP contribution in [0.5, 0.6) is 0 Å². The Morgan fingerprint density at radius 1 is 1.43 bits per heavy atom. The first-order valence-electron chi connectivity index (χ1n) is 7.50. The molecule has 0 spiro atoms. The van der Waals surface area contributed by atoms with Crippen molar-refractivity contribution in [2.75, 3.05) is 13.1 Å². The fraction of sp³-hybridized carbons (Fsp3) is 0.375. The van der Waals surface area contributed by atoms with Crippen molar-refractivity contribution in [1.29, 1.82) is 0 Å². The lowest BCUT2D eigenvalue weighted by Crippen LogP contribution is -2.45. The maximum Gasteiger partial charge on any atom is 0.254 e. The lowest BCUT2D eigenvalue weighted by atomic mass is 10.1. The topological polar surface area (TPSA) is 59.0 Å². The van der Waals surface area contributed by atoms with Crippen LogP contribution in [0.25, 0.3) is 0 Å². The average molecular weight is 355 g/mol. The minimum Gasteiger partial charge on any atom is -0.348 e. The summed E-state index contributed by atoms with van der Waals surface area (Å²) >= 11 is 6.14. The fourth-order valence-corrected chi connectivity index (χ4v) is 2.81. The third kappa shape index (κ3) is 4.70. The molecule has 1 saturated heterocycles. The predicted octanol–water partition coefficient (Wildman–Crippen LogP) is 2.49. The van der Waals surface area contributed by atoms with Crippen molar-refractivity contribution in [3.05, 3.63) is 52.8 Å². The predicted molar refractivity (Wildman–Crippen MR) is 93.4 cm³/mol. The van der Waals surface area contributed by atoms with Gasteiger partial charge in [-0.05, 0) is 31.0 Å². The number of hydrogen-bond donors (Lipinski definition) is 2. The number of hydrogen-bond acceptors (Lipinski definition) is 3. The number of carbonyl (C=O) groups is 1. The molecule has 1 unspecified atom stereocenters. The molecule has 3 rings (SSSR count). The molecule has 1 fully saturated rings. The van der Waals surface area contributed by atoms with Crippen LogP contribution in [0, 0.1) is 0 Å². The smallest absolute Gasteiger partial charge is 0.254 e. The van der Waals surface area contributed by atoms with Gasteiger partial charge in [0, 0.05) is 23.8 Å². The Bertz CT molecular complexity index is 653. The standard InChI is InChI=1S/C16H19ClN4O.ClH/c17-15-6-2-1-4-12(15)10-21-11-13(8-19-21)16(22)20-14-5-3-7-18-9-14;/h1-2,4,6,8,11,14,18H,3,5,7,9-10H2,(H,20,22);1H. The molecule has 2 N–H and O–H groups in total. The number of amides is 1. The summed E-state index contributed by atoms with van der Waals surface area (Å²) < 4.78 is 1.73. The Hall–Kier alpha value is -1.56. The van der Waals surface area contributed by atoms with E-state index in [0.29, 0.717) is 17.1 Å². The molecule has 1 aromatic heterocycles. The highest BCUT2D eigenvalue weighted by atomic mass is 35.5. The van der Waals surface area contributed by atoms with Crippen molar-refractivity contribution in [2.24, 2.45) is 0 Å². The number of piperidine rings is 1. The zero-order chi connectivity index (χ0) is 15.4. The Kier molecular flexibility index (Phi) is 6.45. The zero-order valence-corrected chi connectivity index (χ0v) is 14.2. The molecule has 23 heavy (non-hydrogen) atoms. The third-order valence-corrected chi connectivity index (χ3v) is 4.19. The molecular formula is C16H20Cl2N4O. The monoisotopic (exact) mass is 354 g/mol. The summed E-state index contributed by atoms with van der Waals surface area (Å²) in [7, 11) is 0. The van der Waals surface area contributed by atoms with Gasteiger partial charge in [0.15, 0.2) is 0 Å². The maximum absolute atomic E-state index is 12.2. The van der Waals surface area contributed by atoms with E-state index in [1.165, 1.54) is 0 Å². The summed E-state index contributed by atoms with van der Waals surface area (Å²) in [6.07, 6.45) is 5.47. The number of nitrogens with zero attached hydrogens (tertiary/aromatic N) is 2. The molecule has 0 radical (unpaired) electrons. The SMILES string of the molecule is Cl.O=C(NC1CCCNC1)c1cnn(Cc2ccccc2Cl)c1. The Morgan fingerprint density at radius 2 is 2.26 bits per heavy atom. The largest absolute Gasteiger partial charge is 0.348 e. The highest BCUT2D eigenvalue weighted by Gasteiger charge is 2.17. The molecule has 2 aromatic rings. The first-order chi connectivity index (χ1) is 10.7. The molecular weight excluding hydrogens is 335 g/mol. The highest BCUT2D eigenvalue weighted by Crippen LogP contribution is 2.16. The van der Waals surface area contributed by atoms with Crippen LogP contribution in [0.15, 0.2) is 36.7 Å². The number of nitrogens with one attached hydrogen (secondary N) is 2. The third-order valence-electron chi connectivity index (χ3n) is 3.82. The molecule has 0 bridgehead atoms. The summed E-state index contributed by atoms with van der Waals surface area (Å²) in [4.78, 5) is 12.2. The van der Waals surface area contributed by atoms with Crippen molar-refractivity contribution in [3.8, 4) is 0 Å². The van der Waals surface area contributed by atoms with Gasteiger partial charge in [-0.2, -0.15) is 5.10 Å². The summed E-state index contributed by atoms with van der Waals surface area (Å²) in [5, 5.41) is 11.3. The first kappa shape index (κ1) is 17.8. The number of rotatable bonds is 4. The maximum atomic E-state index is 12.2. The van der Waals surface area contributed by atoms with Crippen LogP contribution in [0.1, 0.15) is 28.8 Å². The molecule has 2 heterocycles. The van der Waals surface area contributed by atoms with Gasteiger partial charge in [-0.15, -0.1) is 12.4 Å². The Balaban J connectivity index is 0.00000192. The molecule has 1 amide bonds. The molecule has 7 heteroatoms. The molecule has 124 valence electrons. The summed E-state index contributed by atoms with van der Waals surface area (Å²) in [6.45, 7) is 2.42. The van der Waals surface area contributed by atoms with Gasteiger partial charge in [0.05, 0.1) is 18.3 Å². The Labute approximate surface area is 146 Å². The normalized spacial score (nSPS) is 17.3. The van der Waals surface area contributed by atoms with Gasteiger partial charge in [0.25, 0.3) is 5.91 Å². The van der Waals surface area contributed by atoms with Gasteiger partial charge in [-0.3, -0.25) is 9.48 Å². The molecule has 1 aliphatic heterocycles. The van der Waals surface area contributed by atoms with Gasteiger partial charge in [-0.25, -0.2) is 0 Å². The van der Waals surface area contributed by atoms with E-state index >= 15 is 0 Å². The first-order valence-corrected chi connectivity index (χ1v) is 7.87. The minimum absolute atomic E-state index is 0. The number of benzene rings is 1. The lowest BCUT2D eigenvalue weighted by molar-refractivity contribution is 0.0930. The van der Waals surface area contributed by atoms with Crippen LogP contribution in [0.4, 0.5) is 0 Å². The van der Waals surface area contributed by atoms with Crippen molar-refractivity contribution < 1.29 is 4.79 Å². The summed E-state index contributed by atoms with van der Waals surface area (Å²) in [6, 6.07) is 7.84. The van der Waals surface area contributed by atoms with Crippen LogP contribution in [0.2, 0.25) is 5.02 Å². The van der Waals surface area contributed by atoms with Crippen LogP contribution in [0.3, 0.4) is 0 Å². The zero-order valence-electron chi connectivity index (χ0n) is 12.7. The van der Waals surface area contributed by atoms with E-state index in [1.54, 1.807) is 17.1 Å². The molecule has 1 aromatic carbocycles. The quantitative estimate of drug-likeness (QED) is 0.886. The van der Waals surface area contributed by atoms with Crippen LogP contribution in [-0.2, 0) is 6.54 Å². The summed E-state index contributed by atoms with van der Waals surface area (Å²) in [5.74, 6) is -0.0703. The van der Waals surface area contributed by atoms with E-state index in [0.717, 1.165) is 31.5 Å². The van der Waals surface area contributed by atoms with E-state index < -0.39 is 0 Å². The second-order valence-corrected chi connectivity index (χ2v) is 5.94. The molecule has 1 aliphatic rings. The van der Waals surface area contributed by atoms with Crippen molar-refractivity contribution in [3.63, 3.8) is 0 Å². The molecule has 0 saturated carbocycles. The van der Waals surface area contributed by atoms with Crippen LogP contribution in [-0.4, -0.2) is 34.8 Å². The van der Waals surface area contributed by atoms with Crippen LogP contribution >= 0.6 is 24.0 Å². The molecule has 5 nitrogen and oxygen atoms in total. The highest BCUT2D eigenvalue weighted by molar-refractivity contribution is 6.31. The second kappa shape index (κ2) is 8.34. The minimum atomic E-state index is -0.0703. The van der Waals surface area contributed by atoms with E-state index in [-0.39, 0.29) is 24.4 Å². The van der Waals surface area contributed by atoms with E-state index in [2.05, 4.69) is 15.7 Å². The van der Waals surface area contributed by atoms with Gasteiger partial charge in [0.1, 0.15) is 0 Å². The van der Waals surface area contributed by atoms with E-state index in [4.69, 9.17) is 11.6 Å². The van der Waals surface area contributed by atoms with Crippen LogP contribution < -0.4 is 10.6 Å². The van der Waals surface area contributed by atoms with E-state index in [1.807, 2.05) is 24.3 Å². The van der Waals surface area contributed by atoms with Gasteiger partial charge >= 0.3 is 0 Å². The molecule has 0 aliphatic carbocycles. The van der Waals surface area contributed by atoms with E-state index in [9.17, 15) is 4.79 Å². The van der Waals surface area contributed by atoms with Crippen molar-refractivity contribution >= 4 is 29.9 Å². The van der Waals surface area contributed by atoms with Gasteiger partial charge in [-0.1, -0.05) is 29.8 Å². The number of carbonyl (C=O) groups excluding carboxylic acids is 1. The van der Waals surface area contributed by atoms with Crippen molar-refractivity contribution in [2.45, 2.75) is 25.4 Å². The lowest BCUT2D eigenvalue weighted by Gasteiger charge is -2.23. The number of halogens is 2. The van der Waals surface area contributed by atoms with Crippen molar-refractivity contribution in [1.82, 2.24) is 20.4 Å².